The van der Waals surface area contributed by atoms with Crippen molar-refractivity contribution in [1.29, 1.82) is 0 Å². The van der Waals surface area contributed by atoms with E-state index in [0.29, 0.717) is 36.4 Å². The largest absolute Gasteiger partial charge is 0.454 e. The molecule has 1 aromatic heterocycles. The molecule has 0 aliphatic carbocycles. The zero-order valence-corrected chi connectivity index (χ0v) is 16.2. The predicted molar refractivity (Wildman–Crippen MR) is 105 cm³/mol. The summed E-state index contributed by atoms with van der Waals surface area (Å²) in [5.74, 6) is 2.00. The molecule has 1 amide bonds. The van der Waals surface area contributed by atoms with E-state index >= 15 is 0 Å². The van der Waals surface area contributed by atoms with E-state index in [1.54, 1.807) is 12.1 Å². The molecular weight excluding hydrogens is 389 g/mol. The molecule has 0 bridgehead atoms. The fraction of sp³-hybridized carbons (Fsp3) is 0.318. The van der Waals surface area contributed by atoms with Crippen molar-refractivity contribution in [3.05, 3.63) is 59.7 Å². The summed E-state index contributed by atoms with van der Waals surface area (Å²) in [6.07, 6.45) is 1.99. The number of hydrogen-bond acceptors (Lipinski definition) is 6. The van der Waals surface area contributed by atoms with Crippen molar-refractivity contribution < 1.29 is 23.1 Å². The van der Waals surface area contributed by atoms with E-state index in [4.69, 9.17) is 13.9 Å². The van der Waals surface area contributed by atoms with Crippen LogP contribution < -0.4 is 9.47 Å². The van der Waals surface area contributed by atoms with E-state index in [0.717, 1.165) is 24.0 Å². The first-order chi connectivity index (χ1) is 14.7. The Labute approximate surface area is 172 Å². The fourth-order valence-corrected chi connectivity index (χ4v) is 3.84. The van der Waals surface area contributed by atoms with Gasteiger partial charge in [0.25, 0.3) is 0 Å². The Morgan fingerprint density at radius 2 is 1.93 bits per heavy atom. The molecule has 7 nitrogen and oxygen atoms in total. The number of amides is 1. The SMILES string of the molecule is O=C(Cc1ccc(F)cc1)N1CCCC(c2nnc(-c3ccc4c(c3)OCO4)o2)C1. The van der Waals surface area contributed by atoms with Gasteiger partial charge in [0, 0.05) is 18.7 Å². The van der Waals surface area contributed by atoms with Crippen LogP contribution in [0.1, 0.15) is 30.2 Å². The molecular formula is C22H20FN3O4. The van der Waals surface area contributed by atoms with Gasteiger partial charge in [0.2, 0.25) is 24.5 Å². The summed E-state index contributed by atoms with van der Waals surface area (Å²) in [5, 5.41) is 8.41. The maximum atomic E-state index is 13.1. The molecule has 3 heterocycles. The number of fused-ring (bicyclic) bond motifs is 1. The summed E-state index contributed by atoms with van der Waals surface area (Å²) in [6.45, 7) is 1.43. The summed E-state index contributed by atoms with van der Waals surface area (Å²) in [7, 11) is 0. The summed E-state index contributed by atoms with van der Waals surface area (Å²) in [4.78, 5) is 14.5. The Bertz CT molecular complexity index is 1070. The van der Waals surface area contributed by atoms with E-state index in [1.807, 2.05) is 23.1 Å². The number of ether oxygens (including phenoxy) is 2. The Balaban J connectivity index is 1.27. The van der Waals surface area contributed by atoms with Gasteiger partial charge in [-0.25, -0.2) is 4.39 Å². The van der Waals surface area contributed by atoms with Crippen LogP contribution >= 0.6 is 0 Å². The standard InChI is InChI=1S/C22H20FN3O4/c23-17-6-3-14(4-7-17)10-20(27)26-9-1-2-16(12-26)22-25-24-21(30-22)15-5-8-18-19(11-15)29-13-28-18/h3-8,11,16H,1-2,9-10,12-13H2. The highest BCUT2D eigenvalue weighted by atomic mass is 19.1. The Morgan fingerprint density at radius 3 is 2.80 bits per heavy atom. The van der Waals surface area contributed by atoms with Gasteiger partial charge in [0.1, 0.15) is 5.82 Å². The van der Waals surface area contributed by atoms with Crippen molar-refractivity contribution in [1.82, 2.24) is 15.1 Å². The molecule has 0 spiro atoms. The summed E-state index contributed by atoms with van der Waals surface area (Å²) < 4.78 is 29.7. The lowest BCUT2D eigenvalue weighted by molar-refractivity contribution is -0.131. The lowest BCUT2D eigenvalue weighted by atomic mass is 9.97. The second-order valence-corrected chi connectivity index (χ2v) is 7.50. The molecule has 1 unspecified atom stereocenters. The maximum Gasteiger partial charge on any atom is 0.247 e. The number of carbonyl (C=O) groups excluding carboxylic acids is 1. The number of benzene rings is 2. The average molecular weight is 409 g/mol. The highest BCUT2D eigenvalue weighted by Gasteiger charge is 2.29. The Morgan fingerprint density at radius 1 is 1.10 bits per heavy atom. The van der Waals surface area contributed by atoms with Crippen molar-refractivity contribution >= 4 is 5.91 Å². The van der Waals surface area contributed by atoms with Crippen LogP contribution in [0.2, 0.25) is 0 Å². The third-order valence-corrected chi connectivity index (χ3v) is 5.45. The number of halogens is 1. The van der Waals surface area contributed by atoms with Crippen molar-refractivity contribution in [3.63, 3.8) is 0 Å². The van der Waals surface area contributed by atoms with E-state index in [2.05, 4.69) is 10.2 Å². The van der Waals surface area contributed by atoms with Gasteiger partial charge in [-0.1, -0.05) is 12.1 Å². The van der Waals surface area contributed by atoms with Crippen LogP contribution in [0.25, 0.3) is 11.5 Å². The maximum absolute atomic E-state index is 13.1. The smallest absolute Gasteiger partial charge is 0.247 e. The molecule has 0 radical (unpaired) electrons. The average Bonchev–Trinajstić information content (AvgIpc) is 3.44. The molecule has 1 saturated heterocycles. The molecule has 1 fully saturated rings. The van der Waals surface area contributed by atoms with Crippen LogP contribution in [0, 0.1) is 5.82 Å². The molecule has 8 heteroatoms. The van der Waals surface area contributed by atoms with E-state index < -0.39 is 0 Å². The summed E-state index contributed by atoms with van der Waals surface area (Å²) >= 11 is 0. The van der Waals surface area contributed by atoms with Gasteiger partial charge in [-0.05, 0) is 48.7 Å². The normalized spacial score (nSPS) is 17.9. The van der Waals surface area contributed by atoms with Crippen LogP contribution in [0.4, 0.5) is 4.39 Å². The molecule has 2 aromatic carbocycles. The van der Waals surface area contributed by atoms with Crippen molar-refractivity contribution in [3.8, 4) is 23.0 Å². The molecule has 0 N–H and O–H groups in total. The van der Waals surface area contributed by atoms with Gasteiger partial charge < -0.3 is 18.8 Å². The minimum atomic E-state index is -0.307. The van der Waals surface area contributed by atoms with Crippen molar-refractivity contribution in [2.45, 2.75) is 25.2 Å². The summed E-state index contributed by atoms with van der Waals surface area (Å²) in [6, 6.07) is 11.5. The number of aromatic nitrogens is 2. The predicted octanol–water partition coefficient (Wildman–Crippen LogP) is 3.55. The lowest BCUT2D eigenvalue weighted by Gasteiger charge is -2.31. The molecule has 1 atom stereocenters. The van der Waals surface area contributed by atoms with Gasteiger partial charge in [0.05, 0.1) is 12.3 Å². The van der Waals surface area contributed by atoms with Crippen LogP contribution in [0.15, 0.2) is 46.9 Å². The zero-order valence-electron chi connectivity index (χ0n) is 16.2. The Hall–Kier alpha value is -3.42. The number of hydrogen-bond donors (Lipinski definition) is 0. The van der Waals surface area contributed by atoms with Crippen LogP contribution in [-0.2, 0) is 11.2 Å². The van der Waals surface area contributed by atoms with Crippen molar-refractivity contribution in [2.24, 2.45) is 0 Å². The van der Waals surface area contributed by atoms with Gasteiger partial charge in [0.15, 0.2) is 11.5 Å². The molecule has 3 aromatic rings. The molecule has 30 heavy (non-hydrogen) atoms. The first-order valence-corrected chi connectivity index (χ1v) is 9.91. The van der Waals surface area contributed by atoms with Gasteiger partial charge in [-0.2, -0.15) is 0 Å². The van der Waals surface area contributed by atoms with Gasteiger partial charge in [-0.15, -0.1) is 10.2 Å². The minimum Gasteiger partial charge on any atom is -0.454 e. The topological polar surface area (TPSA) is 77.7 Å². The monoisotopic (exact) mass is 409 g/mol. The third-order valence-electron chi connectivity index (χ3n) is 5.45. The number of carbonyl (C=O) groups is 1. The zero-order chi connectivity index (χ0) is 20.5. The summed E-state index contributed by atoms with van der Waals surface area (Å²) in [5.41, 5.74) is 1.56. The van der Waals surface area contributed by atoms with Crippen LogP contribution in [-0.4, -0.2) is 40.9 Å². The number of likely N-dealkylation sites (tertiary alicyclic amines) is 1. The third kappa shape index (κ3) is 3.72. The molecule has 154 valence electrons. The highest BCUT2D eigenvalue weighted by molar-refractivity contribution is 5.79. The lowest BCUT2D eigenvalue weighted by Crippen LogP contribution is -2.40. The highest BCUT2D eigenvalue weighted by Crippen LogP contribution is 2.36. The van der Waals surface area contributed by atoms with E-state index in [1.165, 1.54) is 12.1 Å². The second-order valence-electron chi connectivity index (χ2n) is 7.50. The fourth-order valence-electron chi connectivity index (χ4n) is 3.84. The molecule has 0 saturated carbocycles. The minimum absolute atomic E-state index is 0.00817. The molecule has 2 aliphatic rings. The number of rotatable bonds is 4. The van der Waals surface area contributed by atoms with Gasteiger partial charge in [-0.3, -0.25) is 4.79 Å². The number of nitrogens with zero attached hydrogens (tertiary/aromatic N) is 3. The first kappa shape index (κ1) is 18.6. The number of piperidine rings is 1. The second kappa shape index (κ2) is 7.78. The van der Waals surface area contributed by atoms with Gasteiger partial charge >= 0.3 is 0 Å². The molecule has 2 aliphatic heterocycles. The van der Waals surface area contributed by atoms with Crippen LogP contribution in [0.5, 0.6) is 11.5 Å². The van der Waals surface area contributed by atoms with E-state index in [9.17, 15) is 9.18 Å². The quantitative estimate of drug-likeness (QED) is 0.656. The van der Waals surface area contributed by atoms with Crippen molar-refractivity contribution in [2.75, 3.05) is 19.9 Å². The van der Waals surface area contributed by atoms with E-state index in [-0.39, 0.29) is 30.9 Å². The first-order valence-electron chi connectivity index (χ1n) is 9.91. The molecule has 5 rings (SSSR count). The van der Waals surface area contributed by atoms with Crippen LogP contribution in [0.3, 0.4) is 0 Å². The Kier molecular flexibility index (Phi) is 4.82.